The van der Waals surface area contributed by atoms with Crippen LogP contribution < -0.4 is 16.2 Å². The smallest absolute Gasteiger partial charge is 0.359 e. The summed E-state index contributed by atoms with van der Waals surface area (Å²) in [5, 5.41) is 0. The number of nitrogens with two attached hydrogens (primary N) is 1. The number of nitrogens with zero attached hydrogens (tertiary/aromatic N) is 2. The largest absolute Gasteiger partial charge is 0.416 e. The van der Waals surface area contributed by atoms with Gasteiger partial charge in [-0.25, -0.2) is 10.8 Å². The zero-order valence-electron chi connectivity index (χ0n) is 10.8. The van der Waals surface area contributed by atoms with Crippen molar-refractivity contribution in [2.24, 2.45) is 17.7 Å². The molecule has 19 heavy (non-hydrogen) atoms. The molecule has 3 N–H and O–H groups in total. The van der Waals surface area contributed by atoms with Crippen LogP contribution in [-0.4, -0.2) is 18.6 Å². The third kappa shape index (κ3) is 3.28. The summed E-state index contributed by atoms with van der Waals surface area (Å²) in [5.41, 5.74) is 1.43. The lowest BCUT2D eigenvalue weighted by Crippen LogP contribution is -2.23. The van der Waals surface area contributed by atoms with Crippen molar-refractivity contribution in [2.45, 2.75) is 19.5 Å². The maximum Gasteiger partial charge on any atom is 0.416 e. The molecule has 0 spiro atoms. The average Bonchev–Trinajstić information content (AvgIpc) is 3.03. The summed E-state index contributed by atoms with van der Waals surface area (Å²) in [6, 6.07) is 1.95. The van der Waals surface area contributed by atoms with Gasteiger partial charge in [-0.05, 0) is 30.4 Å². The molecule has 0 saturated heterocycles. The standard InChI is InChI=1S/C12H17F3N4/c1-7-3-8(7)6-19(2)11-5-9(12(13,14)15)4-10(17-11)18-16/h4-5,7-8H,3,6,16H2,1-2H3,(H,17,18). The van der Waals surface area contributed by atoms with E-state index in [1.165, 1.54) is 0 Å². The Morgan fingerprint density at radius 1 is 1.47 bits per heavy atom. The zero-order chi connectivity index (χ0) is 14.2. The lowest BCUT2D eigenvalue weighted by molar-refractivity contribution is -0.137. The second kappa shape index (κ2) is 4.88. The molecule has 1 heterocycles. The van der Waals surface area contributed by atoms with Gasteiger partial charge < -0.3 is 10.3 Å². The van der Waals surface area contributed by atoms with Gasteiger partial charge in [-0.2, -0.15) is 13.2 Å². The van der Waals surface area contributed by atoms with Crippen LogP contribution in [0.15, 0.2) is 12.1 Å². The Morgan fingerprint density at radius 2 is 2.11 bits per heavy atom. The Labute approximate surface area is 109 Å². The highest BCUT2D eigenvalue weighted by molar-refractivity contribution is 5.50. The quantitative estimate of drug-likeness (QED) is 0.654. The summed E-state index contributed by atoms with van der Waals surface area (Å²) in [6.45, 7) is 2.84. The van der Waals surface area contributed by atoms with E-state index in [9.17, 15) is 13.2 Å². The maximum atomic E-state index is 12.8. The zero-order valence-corrected chi connectivity index (χ0v) is 10.8. The van der Waals surface area contributed by atoms with Crippen molar-refractivity contribution >= 4 is 11.6 Å². The van der Waals surface area contributed by atoms with Crippen molar-refractivity contribution in [3.8, 4) is 0 Å². The molecule has 2 rings (SSSR count). The molecule has 1 aromatic rings. The number of hydrogen-bond donors (Lipinski definition) is 2. The highest BCUT2D eigenvalue weighted by atomic mass is 19.4. The molecule has 0 aliphatic heterocycles. The van der Waals surface area contributed by atoms with E-state index in [0.717, 1.165) is 18.6 Å². The minimum absolute atomic E-state index is 0.0144. The molecule has 1 aliphatic carbocycles. The third-order valence-corrected chi connectivity index (χ3v) is 3.46. The third-order valence-electron chi connectivity index (χ3n) is 3.46. The highest BCUT2D eigenvalue weighted by Crippen LogP contribution is 2.39. The first kappa shape index (κ1) is 13.9. The number of halogens is 3. The van der Waals surface area contributed by atoms with E-state index >= 15 is 0 Å². The predicted molar refractivity (Wildman–Crippen MR) is 67.6 cm³/mol. The molecular formula is C12H17F3N4. The topological polar surface area (TPSA) is 54.2 Å². The van der Waals surface area contributed by atoms with Crippen LogP contribution >= 0.6 is 0 Å². The van der Waals surface area contributed by atoms with E-state index < -0.39 is 11.7 Å². The number of aromatic nitrogens is 1. The summed E-state index contributed by atoms with van der Waals surface area (Å²) in [6.07, 6.45) is -3.29. The molecule has 2 unspecified atom stereocenters. The molecule has 0 amide bonds. The molecular weight excluding hydrogens is 257 g/mol. The van der Waals surface area contributed by atoms with Crippen LogP contribution in [0.5, 0.6) is 0 Å². The fourth-order valence-corrected chi connectivity index (χ4v) is 2.05. The number of pyridine rings is 1. The lowest BCUT2D eigenvalue weighted by Gasteiger charge is -2.20. The van der Waals surface area contributed by atoms with Crippen LogP contribution in [0.2, 0.25) is 0 Å². The van der Waals surface area contributed by atoms with Gasteiger partial charge in [-0.3, -0.25) is 0 Å². The van der Waals surface area contributed by atoms with Crippen LogP contribution in [0.4, 0.5) is 24.8 Å². The first-order chi connectivity index (χ1) is 8.81. The summed E-state index contributed by atoms with van der Waals surface area (Å²) in [5.74, 6) is 6.64. The molecule has 106 valence electrons. The molecule has 4 nitrogen and oxygen atoms in total. The second-order valence-corrected chi connectivity index (χ2v) is 5.09. The van der Waals surface area contributed by atoms with Gasteiger partial charge >= 0.3 is 6.18 Å². The number of anilines is 2. The average molecular weight is 274 g/mol. The number of rotatable bonds is 4. The van der Waals surface area contributed by atoms with E-state index in [0.29, 0.717) is 18.4 Å². The number of hydrazine groups is 1. The lowest BCUT2D eigenvalue weighted by atomic mass is 10.2. The van der Waals surface area contributed by atoms with Crippen molar-refractivity contribution in [3.05, 3.63) is 17.7 Å². The van der Waals surface area contributed by atoms with Gasteiger partial charge in [0, 0.05) is 13.6 Å². The Balaban J connectivity index is 2.23. The molecule has 1 aliphatic rings. The van der Waals surface area contributed by atoms with Gasteiger partial charge in [0.05, 0.1) is 5.56 Å². The van der Waals surface area contributed by atoms with E-state index in [4.69, 9.17) is 5.84 Å². The van der Waals surface area contributed by atoms with Crippen LogP contribution in [0.1, 0.15) is 18.9 Å². The Morgan fingerprint density at radius 3 is 2.58 bits per heavy atom. The molecule has 7 heteroatoms. The van der Waals surface area contributed by atoms with Gasteiger partial charge in [-0.1, -0.05) is 6.92 Å². The minimum atomic E-state index is -4.41. The van der Waals surface area contributed by atoms with Crippen molar-refractivity contribution in [2.75, 3.05) is 23.9 Å². The number of hydrogen-bond acceptors (Lipinski definition) is 4. The number of nitrogen functional groups attached to an aromatic ring is 1. The molecule has 1 saturated carbocycles. The number of nitrogens with one attached hydrogen (secondary N) is 1. The minimum Gasteiger partial charge on any atom is -0.359 e. The van der Waals surface area contributed by atoms with Gasteiger partial charge in [0.1, 0.15) is 11.6 Å². The van der Waals surface area contributed by atoms with Crippen LogP contribution in [0.25, 0.3) is 0 Å². The Bertz CT molecular complexity index is 461. The van der Waals surface area contributed by atoms with Crippen molar-refractivity contribution < 1.29 is 13.2 Å². The van der Waals surface area contributed by atoms with Crippen LogP contribution in [0, 0.1) is 11.8 Å². The maximum absolute atomic E-state index is 12.8. The highest BCUT2D eigenvalue weighted by Gasteiger charge is 2.35. The molecule has 0 aromatic carbocycles. The normalized spacial score (nSPS) is 22.2. The van der Waals surface area contributed by atoms with Crippen LogP contribution in [-0.2, 0) is 6.18 Å². The predicted octanol–water partition coefficient (Wildman–Crippen LogP) is 2.48. The molecule has 2 atom stereocenters. The Hall–Kier alpha value is -1.50. The molecule has 0 radical (unpaired) electrons. The summed E-state index contributed by atoms with van der Waals surface area (Å²) in [7, 11) is 1.74. The summed E-state index contributed by atoms with van der Waals surface area (Å²) in [4.78, 5) is 5.80. The summed E-state index contributed by atoms with van der Waals surface area (Å²) >= 11 is 0. The molecule has 1 aromatic heterocycles. The first-order valence-corrected chi connectivity index (χ1v) is 6.08. The van der Waals surface area contributed by atoms with E-state index in [1.54, 1.807) is 11.9 Å². The van der Waals surface area contributed by atoms with Crippen molar-refractivity contribution in [1.29, 1.82) is 0 Å². The van der Waals surface area contributed by atoms with Crippen molar-refractivity contribution in [3.63, 3.8) is 0 Å². The van der Waals surface area contributed by atoms with Gasteiger partial charge in [0.25, 0.3) is 0 Å². The van der Waals surface area contributed by atoms with E-state index in [2.05, 4.69) is 17.3 Å². The molecule has 1 fully saturated rings. The van der Waals surface area contributed by atoms with E-state index in [-0.39, 0.29) is 11.6 Å². The number of alkyl halides is 3. The van der Waals surface area contributed by atoms with Gasteiger partial charge in [-0.15, -0.1) is 0 Å². The molecule has 0 bridgehead atoms. The SMILES string of the molecule is CC1CC1CN(C)c1cc(C(F)(F)F)cc(NN)n1. The van der Waals surface area contributed by atoms with Gasteiger partial charge in [0.2, 0.25) is 0 Å². The van der Waals surface area contributed by atoms with Gasteiger partial charge in [0.15, 0.2) is 0 Å². The van der Waals surface area contributed by atoms with E-state index in [1.807, 2.05) is 0 Å². The monoisotopic (exact) mass is 274 g/mol. The Kier molecular flexibility index (Phi) is 3.58. The fourth-order valence-electron chi connectivity index (χ4n) is 2.05. The summed E-state index contributed by atoms with van der Waals surface area (Å²) < 4.78 is 38.3. The first-order valence-electron chi connectivity index (χ1n) is 6.08. The van der Waals surface area contributed by atoms with Crippen molar-refractivity contribution in [1.82, 2.24) is 4.98 Å². The second-order valence-electron chi connectivity index (χ2n) is 5.09. The van der Waals surface area contributed by atoms with Crippen LogP contribution in [0.3, 0.4) is 0 Å². The fraction of sp³-hybridized carbons (Fsp3) is 0.583.